The number of hydrogen-bond donors (Lipinski definition) is 0. The van der Waals surface area contributed by atoms with Crippen molar-refractivity contribution in [1.29, 1.82) is 0 Å². The molecule has 6 nitrogen and oxygen atoms in total. The second-order valence-electron chi connectivity index (χ2n) is 2.51. The molecule has 0 fully saturated rings. The predicted molar refractivity (Wildman–Crippen MR) is 45.9 cm³/mol. The molecule has 0 N–H and O–H groups in total. The Morgan fingerprint density at radius 3 is 2.73 bits per heavy atom. The van der Waals surface area contributed by atoms with Crippen LogP contribution in [0.25, 0.3) is 10.4 Å². The summed E-state index contributed by atoms with van der Waals surface area (Å²) in [5.41, 5.74) is 6.51. The van der Waals surface area contributed by atoms with Gasteiger partial charge in [-0.3, -0.25) is 10.1 Å². The van der Waals surface area contributed by atoms with Gasteiger partial charge < -0.3 is 0 Å². The van der Waals surface area contributed by atoms with Gasteiger partial charge in [-0.1, -0.05) is 5.11 Å². The highest BCUT2D eigenvalue weighted by atomic mass is 19.1. The molecule has 0 saturated heterocycles. The van der Waals surface area contributed by atoms with Gasteiger partial charge in [-0.25, -0.2) is 4.39 Å². The molecule has 0 aliphatic carbocycles. The molecular weight excluding hydrogens is 210 g/mol. The summed E-state index contributed by atoms with van der Waals surface area (Å²) in [4.78, 5) is 11.6. The predicted octanol–water partition coefficient (Wildman–Crippen LogP) is 2.68. The van der Waals surface area contributed by atoms with E-state index in [1.165, 1.54) is 0 Å². The van der Waals surface area contributed by atoms with Crippen LogP contribution in [0.1, 0.15) is 5.56 Å². The molecule has 15 heavy (non-hydrogen) atoms. The minimum atomic E-state index is -1.31. The Kier molecular flexibility index (Phi) is 3.14. The van der Waals surface area contributed by atoms with Crippen LogP contribution in [0.3, 0.4) is 0 Å². The van der Waals surface area contributed by atoms with Gasteiger partial charge in [-0.05, 0) is 11.6 Å². The summed E-state index contributed by atoms with van der Waals surface area (Å²) in [6.07, 6.45) is 0. The lowest BCUT2D eigenvalue weighted by molar-refractivity contribution is -0.387. The lowest BCUT2D eigenvalue weighted by atomic mass is 10.1. The lowest BCUT2D eigenvalue weighted by Gasteiger charge is -2.01. The highest BCUT2D eigenvalue weighted by molar-refractivity contribution is 5.37. The van der Waals surface area contributed by atoms with Crippen LogP contribution in [0.2, 0.25) is 0 Å². The molecule has 1 aromatic carbocycles. The number of hydrogen-bond acceptors (Lipinski definition) is 3. The number of rotatable bonds is 3. The van der Waals surface area contributed by atoms with Crippen LogP contribution in [-0.4, -0.2) is 4.92 Å². The summed E-state index contributed by atoms with van der Waals surface area (Å²) in [6, 6.07) is 1.47. The fraction of sp³-hybridized carbons (Fsp3) is 0.143. The van der Waals surface area contributed by atoms with Crippen LogP contribution in [0.4, 0.5) is 14.5 Å². The minimum Gasteiger partial charge on any atom is -0.258 e. The van der Waals surface area contributed by atoms with Crippen molar-refractivity contribution in [1.82, 2.24) is 0 Å². The van der Waals surface area contributed by atoms with E-state index in [1.807, 2.05) is 0 Å². The van der Waals surface area contributed by atoms with Crippen molar-refractivity contribution in [3.63, 3.8) is 0 Å². The quantitative estimate of drug-likeness (QED) is 0.254. The van der Waals surface area contributed by atoms with E-state index >= 15 is 0 Å². The molecule has 0 saturated carbocycles. The Labute approximate surface area is 81.9 Å². The summed E-state index contributed by atoms with van der Waals surface area (Å²) in [7, 11) is 0. The van der Waals surface area contributed by atoms with Gasteiger partial charge in [0.1, 0.15) is 5.82 Å². The van der Waals surface area contributed by atoms with Crippen molar-refractivity contribution >= 4 is 5.69 Å². The molecule has 0 aromatic heterocycles. The monoisotopic (exact) mass is 214 g/mol. The van der Waals surface area contributed by atoms with Gasteiger partial charge in [-0.15, -0.1) is 0 Å². The van der Waals surface area contributed by atoms with Crippen molar-refractivity contribution in [3.05, 3.63) is 49.9 Å². The Morgan fingerprint density at radius 2 is 2.20 bits per heavy atom. The van der Waals surface area contributed by atoms with Gasteiger partial charge in [0.15, 0.2) is 0 Å². The zero-order chi connectivity index (χ0) is 11.4. The molecule has 0 spiro atoms. The average Bonchev–Trinajstić information content (AvgIpc) is 2.17. The number of benzene rings is 1. The van der Waals surface area contributed by atoms with Crippen LogP contribution in [0, 0.1) is 21.7 Å². The van der Waals surface area contributed by atoms with Gasteiger partial charge in [-0.2, -0.15) is 4.39 Å². The SMILES string of the molecule is [N-]=[N+]=NCc1c(F)ccc([N+](=O)[O-])c1F. The fourth-order valence-electron chi connectivity index (χ4n) is 0.974. The molecule has 1 aromatic rings. The van der Waals surface area contributed by atoms with E-state index < -0.39 is 34.4 Å². The molecule has 0 amide bonds. The van der Waals surface area contributed by atoms with E-state index in [0.717, 1.165) is 6.07 Å². The molecule has 78 valence electrons. The third kappa shape index (κ3) is 2.18. The molecule has 8 heteroatoms. The highest BCUT2D eigenvalue weighted by Crippen LogP contribution is 2.23. The minimum absolute atomic E-state index is 0.601. The van der Waals surface area contributed by atoms with Crippen LogP contribution in [0.5, 0.6) is 0 Å². The Hall–Kier alpha value is -2.21. The highest BCUT2D eigenvalue weighted by Gasteiger charge is 2.20. The van der Waals surface area contributed by atoms with E-state index in [1.54, 1.807) is 0 Å². The first-order valence-corrected chi connectivity index (χ1v) is 3.70. The van der Waals surface area contributed by atoms with E-state index in [9.17, 15) is 18.9 Å². The smallest absolute Gasteiger partial charge is 0.258 e. The standard InChI is InChI=1S/C7H4F2N4O2/c8-5-1-2-6(13(14)15)7(9)4(5)3-11-12-10/h1-2H,3H2. The number of nitro groups is 1. The third-order valence-electron chi connectivity index (χ3n) is 1.65. The lowest BCUT2D eigenvalue weighted by Crippen LogP contribution is -1.99. The Morgan fingerprint density at radius 1 is 1.53 bits per heavy atom. The van der Waals surface area contributed by atoms with Gasteiger partial charge >= 0.3 is 5.69 Å². The molecule has 0 unspecified atom stereocenters. The van der Waals surface area contributed by atoms with Gasteiger partial charge in [0.2, 0.25) is 5.82 Å². The van der Waals surface area contributed by atoms with Crippen LogP contribution < -0.4 is 0 Å². The van der Waals surface area contributed by atoms with E-state index in [-0.39, 0.29) is 0 Å². The molecule has 1 rings (SSSR count). The molecule has 0 aliphatic rings. The topological polar surface area (TPSA) is 91.9 Å². The zero-order valence-electron chi connectivity index (χ0n) is 7.22. The van der Waals surface area contributed by atoms with Gasteiger partial charge in [0, 0.05) is 16.5 Å². The largest absolute Gasteiger partial charge is 0.305 e. The summed E-state index contributed by atoms with van der Waals surface area (Å²) in [5.74, 6) is -2.29. The maximum Gasteiger partial charge on any atom is 0.305 e. The van der Waals surface area contributed by atoms with Crippen molar-refractivity contribution in [3.8, 4) is 0 Å². The summed E-state index contributed by atoms with van der Waals surface area (Å²) >= 11 is 0. The molecule has 0 aliphatic heterocycles. The first-order chi connectivity index (χ1) is 7.07. The number of halogens is 2. The van der Waals surface area contributed by atoms with Gasteiger partial charge in [0.05, 0.1) is 11.5 Å². The molecule has 0 atom stereocenters. The molecular formula is C7H4F2N4O2. The van der Waals surface area contributed by atoms with Gasteiger partial charge in [0.25, 0.3) is 0 Å². The maximum atomic E-state index is 13.2. The maximum absolute atomic E-state index is 13.2. The summed E-state index contributed by atoms with van der Waals surface area (Å²) in [5, 5.41) is 13.2. The van der Waals surface area contributed by atoms with E-state index in [2.05, 4.69) is 10.0 Å². The Balaban J connectivity index is 3.29. The second-order valence-corrected chi connectivity index (χ2v) is 2.51. The van der Waals surface area contributed by atoms with Crippen molar-refractivity contribution in [2.45, 2.75) is 6.54 Å². The van der Waals surface area contributed by atoms with Crippen molar-refractivity contribution in [2.75, 3.05) is 0 Å². The van der Waals surface area contributed by atoms with Crippen molar-refractivity contribution < 1.29 is 13.7 Å². The summed E-state index contributed by atoms with van der Waals surface area (Å²) < 4.78 is 26.2. The number of azide groups is 1. The summed E-state index contributed by atoms with van der Waals surface area (Å²) in [6.45, 7) is -0.601. The van der Waals surface area contributed by atoms with E-state index in [0.29, 0.717) is 6.07 Å². The molecule has 0 bridgehead atoms. The molecule has 0 radical (unpaired) electrons. The average molecular weight is 214 g/mol. The fourth-order valence-corrected chi connectivity index (χ4v) is 0.974. The number of nitrogens with zero attached hydrogens (tertiary/aromatic N) is 4. The zero-order valence-corrected chi connectivity index (χ0v) is 7.22. The van der Waals surface area contributed by atoms with Crippen molar-refractivity contribution in [2.24, 2.45) is 5.11 Å². The van der Waals surface area contributed by atoms with Crippen LogP contribution in [-0.2, 0) is 6.54 Å². The number of nitro benzene ring substituents is 1. The molecule has 0 heterocycles. The Bertz CT molecular complexity index is 457. The normalized spacial score (nSPS) is 9.47. The second kappa shape index (κ2) is 4.34. The van der Waals surface area contributed by atoms with Crippen LogP contribution in [0.15, 0.2) is 17.2 Å². The first-order valence-electron chi connectivity index (χ1n) is 3.70. The first kappa shape index (κ1) is 10.9. The van der Waals surface area contributed by atoms with Crippen LogP contribution >= 0.6 is 0 Å². The third-order valence-corrected chi connectivity index (χ3v) is 1.65. The van der Waals surface area contributed by atoms with E-state index in [4.69, 9.17) is 5.53 Å².